The van der Waals surface area contributed by atoms with Gasteiger partial charge in [-0.1, -0.05) is 24.3 Å². The molecule has 0 spiro atoms. The Bertz CT molecular complexity index is 714. The quantitative estimate of drug-likeness (QED) is 0.622. The third-order valence-electron chi connectivity index (χ3n) is 4.16. The van der Waals surface area contributed by atoms with Gasteiger partial charge < -0.3 is 14.5 Å². The van der Waals surface area contributed by atoms with Crippen LogP contribution in [0.1, 0.15) is 11.1 Å². The normalized spacial score (nSPS) is 15.2. The van der Waals surface area contributed by atoms with Gasteiger partial charge in [-0.3, -0.25) is 0 Å². The van der Waals surface area contributed by atoms with Crippen LogP contribution in [0.2, 0.25) is 0 Å². The fourth-order valence-electron chi connectivity index (χ4n) is 2.65. The standard InChI is InChI=1S/C20H24N4O/c1-23(2)19-7-3-17(4-8-19)15-21-22-16-18-5-9-20(10-6-18)24-11-13-25-14-12-24/h3-10,15-16H,11-14H2,1-2H3/b21-15+,22-16+. The van der Waals surface area contributed by atoms with Crippen molar-refractivity contribution in [3.05, 3.63) is 59.7 Å². The number of nitrogens with zero attached hydrogens (tertiary/aromatic N) is 4. The molecule has 0 N–H and O–H groups in total. The van der Waals surface area contributed by atoms with Gasteiger partial charge in [-0.2, -0.15) is 10.2 Å². The molecule has 1 aliphatic rings. The Hall–Kier alpha value is -2.66. The van der Waals surface area contributed by atoms with Gasteiger partial charge in [-0.15, -0.1) is 0 Å². The number of hydrogen-bond acceptors (Lipinski definition) is 5. The van der Waals surface area contributed by atoms with E-state index in [2.05, 4.69) is 56.4 Å². The fraction of sp³-hybridized carbons (Fsp3) is 0.300. The van der Waals surface area contributed by atoms with Crippen LogP contribution in [-0.4, -0.2) is 52.8 Å². The molecule has 0 amide bonds. The molecule has 0 bridgehead atoms. The summed E-state index contributed by atoms with van der Waals surface area (Å²) < 4.78 is 5.38. The highest BCUT2D eigenvalue weighted by Crippen LogP contribution is 2.16. The molecule has 0 aromatic heterocycles. The first kappa shape index (κ1) is 17.2. The lowest BCUT2D eigenvalue weighted by Crippen LogP contribution is -2.36. The van der Waals surface area contributed by atoms with Crippen molar-refractivity contribution < 1.29 is 4.74 Å². The van der Waals surface area contributed by atoms with Crippen molar-refractivity contribution in [2.75, 3.05) is 50.2 Å². The summed E-state index contributed by atoms with van der Waals surface area (Å²) in [4.78, 5) is 4.40. The summed E-state index contributed by atoms with van der Waals surface area (Å²) in [7, 11) is 4.05. The van der Waals surface area contributed by atoms with E-state index in [9.17, 15) is 0 Å². The molecule has 1 heterocycles. The van der Waals surface area contributed by atoms with Crippen LogP contribution in [0.3, 0.4) is 0 Å². The second-order valence-corrected chi connectivity index (χ2v) is 6.17. The maximum atomic E-state index is 5.38. The molecular weight excluding hydrogens is 312 g/mol. The lowest BCUT2D eigenvalue weighted by molar-refractivity contribution is 0.122. The van der Waals surface area contributed by atoms with E-state index in [-0.39, 0.29) is 0 Å². The van der Waals surface area contributed by atoms with Gasteiger partial charge in [0.15, 0.2) is 0 Å². The smallest absolute Gasteiger partial charge is 0.0642 e. The Kier molecular flexibility index (Phi) is 5.80. The SMILES string of the molecule is CN(C)c1ccc(/C=N/N=C/c2ccc(N3CCOCC3)cc2)cc1. The average Bonchev–Trinajstić information content (AvgIpc) is 2.67. The summed E-state index contributed by atoms with van der Waals surface area (Å²) in [5.74, 6) is 0. The van der Waals surface area contributed by atoms with Crippen molar-refractivity contribution in [2.24, 2.45) is 10.2 Å². The number of hydrogen-bond donors (Lipinski definition) is 0. The van der Waals surface area contributed by atoms with Crippen molar-refractivity contribution in [1.29, 1.82) is 0 Å². The van der Waals surface area contributed by atoms with Gasteiger partial charge in [0.25, 0.3) is 0 Å². The summed E-state index contributed by atoms with van der Waals surface area (Å²) in [6.07, 6.45) is 3.53. The van der Waals surface area contributed by atoms with Crippen molar-refractivity contribution in [3.63, 3.8) is 0 Å². The topological polar surface area (TPSA) is 40.4 Å². The van der Waals surface area contributed by atoms with Crippen LogP contribution in [0.4, 0.5) is 11.4 Å². The Labute approximate surface area is 149 Å². The molecule has 2 aromatic carbocycles. The zero-order valence-corrected chi connectivity index (χ0v) is 14.8. The molecule has 25 heavy (non-hydrogen) atoms. The maximum Gasteiger partial charge on any atom is 0.0642 e. The molecule has 0 radical (unpaired) electrons. The number of rotatable bonds is 5. The summed E-state index contributed by atoms with van der Waals surface area (Å²) in [6, 6.07) is 16.6. The van der Waals surface area contributed by atoms with Crippen LogP contribution in [0.5, 0.6) is 0 Å². The molecule has 0 atom stereocenters. The van der Waals surface area contributed by atoms with Crippen LogP contribution in [-0.2, 0) is 4.74 Å². The molecule has 5 nitrogen and oxygen atoms in total. The monoisotopic (exact) mass is 336 g/mol. The van der Waals surface area contributed by atoms with E-state index in [1.54, 1.807) is 12.4 Å². The minimum Gasteiger partial charge on any atom is -0.378 e. The third-order valence-corrected chi connectivity index (χ3v) is 4.16. The Morgan fingerprint density at radius 2 is 1.36 bits per heavy atom. The first-order valence-electron chi connectivity index (χ1n) is 8.49. The minimum absolute atomic E-state index is 0.799. The summed E-state index contributed by atoms with van der Waals surface area (Å²) in [6.45, 7) is 3.50. The Balaban J connectivity index is 1.56. The molecule has 1 saturated heterocycles. The molecule has 0 unspecified atom stereocenters. The highest BCUT2D eigenvalue weighted by Gasteiger charge is 2.10. The second kappa shape index (κ2) is 8.44. The highest BCUT2D eigenvalue weighted by atomic mass is 16.5. The zero-order chi connectivity index (χ0) is 17.5. The first-order chi connectivity index (χ1) is 12.2. The van der Waals surface area contributed by atoms with Crippen molar-refractivity contribution in [3.8, 4) is 0 Å². The van der Waals surface area contributed by atoms with Gasteiger partial charge >= 0.3 is 0 Å². The van der Waals surface area contributed by atoms with E-state index in [0.29, 0.717) is 0 Å². The van der Waals surface area contributed by atoms with Gasteiger partial charge in [-0.25, -0.2) is 0 Å². The maximum absolute atomic E-state index is 5.38. The zero-order valence-electron chi connectivity index (χ0n) is 14.8. The molecule has 0 saturated carbocycles. The van der Waals surface area contributed by atoms with Crippen molar-refractivity contribution in [1.82, 2.24) is 0 Å². The Morgan fingerprint density at radius 1 is 0.840 bits per heavy atom. The van der Waals surface area contributed by atoms with E-state index in [1.807, 2.05) is 26.2 Å². The predicted octanol–water partition coefficient (Wildman–Crippen LogP) is 3.04. The van der Waals surface area contributed by atoms with Crippen molar-refractivity contribution in [2.45, 2.75) is 0 Å². The lowest BCUT2D eigenvalue weighted by atomic mass is 10.2. The van der Waals surface area contributed by atoms with E-state index < -0.39 is 0 Å². The third kappa shape index (κ3) is 4.90. The van der Waals surface area contributed by atoms with Gasteiger partial charge in [-0.05, 0) is 35.4 Å². The number of ether oxygens (including phenoxy) is 1. The summed E-state index contributed by atoms with van der Waals surface area (Å²) in [5, 5.41) is 8.26. The number of benzene rings is 2. The molecular formula is C20H24N4O. The molecule has 3 rings (SSSR count). The van der Waals surface area contributed by atoms with Crippen LogP contribution >= 0.6 is 0 Å². The minimum atomic E-state index is 0.799. The molecule has 0 aliphatic carbocycles. The number of anilines is 2. The Morgan fingerprint density at radius 3 is 1.88 bits per heavy atom. The lowest BCUT2D eigenvalue weighted by Gasteiger charge is -2.28. The van der Waals surface area contributed by atoms with E-state index in [1.165, 1.54) is 11.4 Å². The fourth-order valence-corrected chi connectivity index (χ4v) is 2.65. The molecule has 1 fully saturated rings. The molecule has 5 heteroatoms. The van der Waals surface area contributed by atoms with Crippen molar-refractivity contribution >= 4 is 23.8 Å². The largest absolute Gasteiger partial charge is 0.378 e. The average molecular weight is 336 g/mol. The van der Waals surface area contributed by atoms with Crippen LogP contribution < -0.4 is 9.80 Å². The van der Waals surface area contributed by atoms with Gasteiger partial charge in [0.05, 0.1) is 25.6 Å². The molecule has 1 aliphatic heterocycles. The van der Waals surface area contributed by atoms with E-state index in [4.69, 9.17) is 4.74 Å². The van der Waals surface area contributed by atoms with E-state index >= 15 is 0 Å². The van der Waals surface area contributed by atoms with E-state index in [0.717, 1.165) is 37.4 Å². The van der Waals surface area contributed by atoms with Gasteiger partial charge in [0, 0.05) is 38.6 Å². The molecule has 2 aromatic rings. The van der Waals surface area contributed by atoms with Crippen LogP contribution in [0, 0.1) is 0 Å². The molecule has 130 valence electrons. The van der Waals surface area contributed by atoms with Crippen LogP contribution in [0.15, 0.2) is 58.7 Å². The predicted molar refractivity (Wildman–Crippen MR) is 105 cm³/mol. The van der Waals surface area contributed by atoms with Gasteiger partial charge in [0.2, 0.25) is 0 Å². The van der Waals surface area contributed by atoms with Crippen LogP contribution in [0.25, 0.3) is 0 Å². The van der Waals surface area contributed by atoms with Gasteiger partial charge in [0.1, 0.15) is 0 Å². The summed E-state index contributed by atoms with van der Waals surface area (Å²) in [5.41, 5.74) is 4.47. The highest BCUT2D eigenvalue weighted by molar-refractivity contribution is 5.83. The first-order valence-corrected chi connectivity index (χ1v) is 8.49. The second-order valence-electron chi connectivity index (χ2n) is 6.17. The summed E-state index contributed by atoms with van der Waals surface area (Å²) >= 11 is 0. The number of morpholine rings is 1.